The summed E-state index contributed by atoms with van der Waals surface area (Å²) < 4.78 is 41.6. The number of nitrogens with two attached hydrogens (primary N) is 1. The van der Waals surface area contributed by atoms with Crippen molar-refractivity contribution >= 4 is 9.84 Å². The van der Waals surface area contributed by atoms with Crippen LogP contribution in [0.25, 0.3) is 0 Å². The van der Waals surface area contributed by atoms with Crippen molar-refractivity contribution in [1.29, 1.82) is 0 Å². The Morgan fingerprint density at radius 3 is 2.67 bits per heavy atom. The van der Waals surface area contributed by atoms with E-state index in [1.165, 1.54) is 12.1 Å². The van der Waals surface area contributed by atoms with E-state index in [0.717, 1.165) is 0 Å². The highest BCUT2D eigenvalue weighted by Gasteiger charge is 2.12. The molecule has 4 nitrogen and oxygen atoms in total. The molecule has 0 atom stereocenters. The predicted octanol–water partition coefficient (Wildman–Crippen LogP) is 1.49. The topological polar surface area (TPSA) is 69.4 Å². The number of ether oxygens (including phenoxy) is 1. The van der Waals surface area contributed by atoms with E-state index in [-0.39, 0.29) is 30.4 Å². The predicted molar refractivity (Wildman–Crippen MR) is 68.7 cm³/mol. The molecule has 2 N–H and O–H groups in total. The van der Waals surface area contributed by atoms with Gasteiger partial charge in [0.25, 0.3) is 0 Å². The second kappa shape index (κ2) is 6.70. The zero-order chi connectivity index (χ0) is 13.6. The molecular formula is C12H18FNO3S. The molecule has 102 valence electrons. The molecule has 0 saturated heterocycles. The van der Waals surface area contributed by atoms with Gasteiger partial charge in [-0.25, -0.2) is 12.8 Å². The van der Waals surface area contributed by atoms with E-state index in [4.69, 9.17) is 10.5 Å². The monoisotopic (exact) mass is 275 g/mol. The maximum atomic E-state index is 13.5. The van der Waals surface area contributed by atoms with Crippen LogP contribution in [-0.4, -0.2) is 26.5 Å². The normalized spacial score (nSPS) is 11.5. The summed E-state index contributed by atoms with van der Waals surface area (Å²) in [6, 6.07) is 4.45. The van der Waals surface area contributed by atoms with Crippen LogP contribution < -0.4 is 10.5 Å². The fourth-order valence-corrected chi connectivity index (χ4v) is 2.72. The van der Waals surface area contributed by atoms with Crippen molar-refractivity contribution in [2.24, 2.45) is 5.73 Å². The van der Waals surface area contributed by atoms with Gasteiger partial charge in [0.15, 0.2) is 21.4 Å². The molecule has 0 heterocycles. The van der Waals surface area contributed by atoms with E-state index >= 15 is 0 Å². The quantitative estimate of drug-likeness (QED) is 0.818. The van der Waals surface area contributed by atoms with Crippen molar-refractivity contribution in [2.45, 2.75) is 19.9 Å². The van der Waals surface area contributed by atoms with Crippen LogP contribution in [0.4, 0.5) is 4.39 Å². The third-order valence-corrected chi connectivity index (χ3v) is 4.24. The second-order valence-corrected chi connectivity index (χ2v) is 6.24. The highest BCUT2D eigenvalue weighted by atomic mass is 32.2. The first-order valence-electron chi connectivity index (χ1n) is 5.81. The van der Waals surface area contributed by atoms with E-state index in [0.29, 0.717) is 12.0 Å². The van der Waals surface area contributed by atoms with Crippen LogP contribution >= 0.6 is 0 Å². The number of benzene rings is 1. The van der Waals surface area contributed by atoms with Gasteiger partial charge in [0, 0.05) is 12.1 Å². The summed E-state index contributed by atoms with van der Waals surface area (Å²) in [6.45, 7) is 1.88. The molecule has 6 heteroatoms. The number of rotatable bonds is 7. The van der Waals surface area contributed by atoms with E-state index < -0.39 is 15.7 Å². The molecule has 1 aromatic rings. The first-order chi connectivity index (χ1) is 8.50. The van der Waals surface area contributed by atoms with Crippen LogP contribution in [0.3, 0.4) is 0 Å². The number of para-hydroxylation sites is 1. The highest BCUT2D eigenvalue weighted by Crippen LogP contribution is 2.22. The molecule has 0 saturated carbocycles. The molecule has 0 aliphatic heterocycles. The van der Waals surface area contributed by atoms with Gasteiger partial charge in [-0.15, -0.1) is 0 Å². The van der Waals surface area contributed by atoms with Crippen LogP contribution in [0.5, 0.6) is 5.75 Å². The Labute approximate surface area is 107 Å². The summed E-state index contributed by atoms with van der Waals surface area (Å²) >= 11 is 0. The Kier molecular flexibility index (Phi) is 5.55. The zero-order valence-electron chi connectivity index (χ0n) is 10.4. The van der Waals surface area contributed by atoms with Crippen LogP contribution in [0, 0.1) is 5.82 Å². The van der Waals surface area contributed by atoms with E-state index in [9.17, 15) is 12.8 Å². The lowest BCUT2D eigenvalue weighted by atomic mass is 10.2. The number of halogens is 1. The van der Waals surface area contributed by atoms with Gasteiger partial charge in [0.1, 0.15) is 6.61 Å². The Balaban J connectivity index is 2.64. The largest absolute Gasteiger partial charge is 0.489 e. The average molecular weight is 275 g/mol. The summed E-state index contributed by atoms with van der Waals surface area (Å²) in [7, 11) is -3.11. The molecule has 0 aliphatic rings. The number of hydrogen-bond donors (Lipinski definition) is 1. The van der Waals surface area contributed by atoms with Crippen LogP contribution in [0.1, 0.15) is 18.9 Å². The van der Waals surface area contributed by atoms with Gasteiger partial charge >= 0.3 is 0 Å². The molecule has 0 radical (unpaired) electrons. The van der Waals surface area contributed by atoms with Gasteiger partial charge in [0.2, 0.25) is 0 Å². The Morgan fingerprint density at radius 1 is 1.33 bits per heavy atom. The minimum Gasteiger partial charge on any atom is -0.489 e. The maximum absolute atomic E-state index is 13.5. The molecule has 0 fully saturated rings. The maximum Gasteiger partial charge on any atom is 0.165 e. The molecule has 0 aliphatic carbocycles. The smallest absolute Gasteiger partial charge is 0.165 e. The first kappa shape index (κ1) is 14.9. The zero-order valence-corrected chi connectivity index (χ0v) is 11.2. The molecule has 0 amide bonds. The molecule has 0 unspecified atom stereocenters. The third-order valence-electron chi connectivity index (χ3n) is 2.42. The molecule has 0 spiro atoms. The molecule has 0 bridgehead atoms. The van der Waals surface area contributed by atoms with Crippen molar-refractivity contribution < 1.29 is 17.5 Å². The lowest BCUT2D eigenvalue weighted by Crippen LogP contribution is -2.17. The first-order valence-corrected chi connectivity index (χ1v) is 7.63. The summed E-state index contributed by atoms with van der Waals surface area (Å²) in [4.78, 5) is 0. The summed E-state index contributed by atoms with van der Waals surface area (Å²) in [5, 5.41) is 0. The van der Waals surface area contributed by atoms with Gasteiger partial charge in [-0.3, -0.25) is 0 Å². The lowest BCUT2D eigenvalue weighted by Gasteiger charge is -2.11. The molecule has 1 rings (SSSR count). The summed E-state index contributed by atoms with van der Waals surface area (Å²) in [6.07, 6.45) is 0.566. The van der Waals surface area contributed by atoms with Gasteiger partial charge < -0.3 is 10.5 Å². The fraction of sp³-hybridized carbons (Fsp3) is 0.500. The Bertz CT molecular complexity index is 488. The Hall–Kier alpha value is -1.14. The van der Waals surface area contributed by atoms with Gasteiger partial charge in [-0.1, -0.05) is 19.1 Å². The molecule has 1 aromatic carbocycles. The summed E-state index contributed by atoms with van der Waals surface area (Å²) in [5.41, 5.74) is 5.99. The van der Waals surface area contributed by atoms with Gasteiger partial charge in [-0.05, 0) is 12.5 Å². The average Bonchev–Trinajstić information content (AvgIpc) is 2.30. The Morgan fingerprint density at radius 2 is 2.06 bits per heavy atom. The van der Waals surface area contributed by atoms with Crippen molar-refractivity contribution in [1.82, 2.24) is 0 Å². The van der Waals surface area contributed by atoms with Gasteiger partial charge in [0.05, 0.1) is 11.5 Å². The second-order valence-electron chi connectivity index (χ2n) is 3.93. The minimum absolute atomic E-state index is 0.0479. The van der Waals surface area contributed by atoms with E-state index in [2.05, 4.69) is 0 Å². The van der Waals surface area contributed by atoms with E-state index in [1.807, 2.05) is 0 Å². The molecule has 18 heavy (non-hydrogen) atoms. The number of sulfone groups is 1. The standard InChI is InChI=1S/C12H18FNO3S/c1-2-7-18(15,16)8-6-17-12-10(9-14)4-3-5-11(12)13/h3-5H,2,6-9,14H2,1H3. The molecule has 0 aromatic heterocycles. The lowest BCUT2D eigenvalue weighted by molar-refractivity contribution is 0.318. The van der Waals surface area contributed by atoms with Crippen LogP contribution in [0.15, 0.2) is 18.2 Å². The summed E-state index contributed by atoms with van der Waals surface area (Å²) in [5.74, 6) is -0.464. The van der Waals surface area contributed by atoms with Crippen molar-refractivity contribution in [3.63, 3.8) is 0 Å². The van der Waals surface area contributed by atoms with Gasteiger partial charge in [-0.2, -0.15) is 0 Å². The van der Waals surface area contributed by atoms with Crippen LogP contribution in [-0.2, 0) is 16.4 Å². The van der Waals surface area contributed by atoms with E-state index in [1.54, 1.807) is 13.0 Å². The fourth-order valence-electron chi connectivity index (χ4n) is 1.56. The number of hydrogen-bond acceptors (Lipinski definition) is 4. The SMILES string of the molecule is CCCS(=O)(=O)CCOc1c(F)cccc1CN. The van der Waals surface area contributed by atoms with Crippen molar-refractivity contribution in [2.75, 3.05) is 18.1 Å². The van der Waals surface area contributed by atoms with Crippen LogP contribution in [0.2, 0.25) is 0 Å². The third kappa shape index (κ3) is 4.27. The highest BCUT2D eigenvalue weighted by molar-refractivity contribution is 7.91. The molecular weight excluding hydrogens is 257 g/mol. The van der Waals surface area contributed by atoms with Crippen molar-refractivity contribution in [3.05, 3.63) is 29.6 Å². The minimum atomic E-state index is -3.11. The van der Waals surface area contributed by atoms with Crippen molar-refractivity contribution in [3.8, 4) is 5.75 Å².